The number of hydrogen-bond donors (Lipinski definition) is 1. The summed E-state index contributed by atoms with van der Waals surface area (Å²) in [6, 6.07) is 11.0. The Morgan fingerprint density at radius 2 is 1.81 bits per heavy atom. The van der Waals surface area contributed by atoms with Gasteiger partial charge in [0.1, 0.15) is 5.75 Å². The van der Waals surface area contributed by atoms with Crippen LogP contribution in [-0.2, 0) is 0 Å². The number of likely N-dealkylation sites (N-methyl/N-ethyl adjacent to an activating group) is 1. The number of piperazine rings is 1. The van der Waals surface area contributed by atoms with Crippen LogP contribution in [0.15, 0.2) is 36.4 Å². The summed E-state index contributed by atoms with van der Waals surface area (Å²) in [5.74, 6) is 1.64. The van der Waals surface area contributed by atoms with E-state index in [2.05, 4.69) is 22.2 Å². The number of methoxy groups -OCH3 is 1. The molecule has 4 rings (SSSR count). The van der Waals surface area contributed by atoms with E-state index in [1.807, 2.05) is 18.2 Å². The zero-order chi connectivity index (χ0) is 18.8. The molecule has 7 heteroatoms. The van der Waals surface area contributed by atoms with Crippen LogP contribution >= 0.6 is 0 Å². The monoisotopic (exact) mass is 369 g/mol. The Labute approximate surface area is 158 Å². The molecule has 2 heterocycles. The minimum absolute atomic E-state index is 0.182. The van der Waals surface area contributed by atoms with E-state index in [1.54, 1.807) is 25.3 Å². The molecule has 1 fully saturated rings. The van der Waals surface area contributed by atoms with Gasteiger partial charge in [0.15, 0.2) is 11.5 Å². The second-order valence-electron chi connectivity index (χ2n) is 6.70. The lowest BCUT2D eigenvalue weighted by Gasteiger charge is -2.34. The van der Waals surface area contributed by atoms with Crippen molar-refractivity contribution in [3.05, 3.63) is 42.0 Å². The first kappa shape index (κ1) is 17.5. The van der Waals surface area contributed by atoms with E-state index in [9.17, 15) is 4.79 Å². The van der Waals surface area contributed by atoms with E-state index in [1.165, 1.54) is 0 Å². The molecule has 2 aromatic rings. The van der Waals surface area contributed by atoms with E-state index < -0.39 is 0 Å². The van der Waals surface area contributed by atoms with Gasteiger partial charge < -0.3 is 29.3 Å². The Balaban J connectivity index is 1.55. The van der Waals surface area contributed by atoms with Crippen molar-refractivity contribution in [3.8, 4) is 17.2 Å². The molecule has 142 valence electrons. The first-order chi connectivity index (χ1) is 13.1. The summed E-state index contributed by atoms with van der Waals surface area (Å²) in [5, 5.41) is 2.96. The molecule has 0 radical (unpaired) electrons. The highest BCUT2D eigenvalue weighted by atomic mass is 16.7. The minimum Gasteiger partial charge on any atom is -0.495 e. The molecule has 0 saturated carbocycles. The molecule has 2 aromatic carbocycles. The number of nitrogens with one attached hydrogen (secondary N) is 1. The van der Waals surface area contributed by atoms with Crippen molar-refractivity contribution < 1.29 is 19.0 Å². The molecule has 1 amide bonds. The molecular formula is C20H23N3O4. The van der Waals surface area contributed by atoms with E-state index in [-0.39, 0.29) is 12.7 Å². The number of benzene rings is 2. The van der Waals surface area contributed by atoms with E-state index >= 15 is 0 Å². The van der Waals surface area contributed by atoms with Gasteiger partial charge in [-0.3, -0.25) is 4.79 Å². The van der Waals surface area contributed by atoms with Gasteiger partial charge in [0.05, 0.1) is 12.8 Å². The Bertz CT molecular complexity index is 847. The van der Waals surface area contributed by atoms with Gasteiger partial charge in [0.2, 0.25) is 6.79 Å². The van der Waals surface area contributed by atoms with Crippen molar-refractivity contribution in [1.82, 2.24) is 4.90 Å². The molecule has 0 aliphatic carbocycles. The number of nitrogens with zero attached hydrogens (tertiary/aromatic N) is 2. The van der Waals surface area contributed by atoms with Gasteiger partial charge in [-0.2, -0.15) is 0 Å². The van der Waals surface area contributed by atoms with Gasteiger partial charge in [-0.15, -0.1) is 0 Å². The predicted octanol–water partition coefficient (Wildman–Crippen LogP) is 2.43. The van der Waals surface area contributed by atoms with Gasteiger partial charge in [-0.05, 0) is 43.4 Å². The Kier molecular flexibility index (Phi) is 4.77. The topological polar surface area (TPSA) is 63.3 Å². The number of fused-ring (bicyclic) bond motifs is 1. The lowest BCUT2D eigenvalue weighted by atomic mass is 10.1. The number of rotatable bonds is 4. The maximum Gasteiger partial charge on any atom is 0.255 e. The molecule has 0 unspecified atom stereocenters. The van der Waals surface area contributed by atoms with Crippen molar-refractivity contribution >= 4 is 17.3 Å². The van der Waals surface area contributed by atoms with Crippen molar-refractivity contribution in [3.63, 3.8) is 0 Å². The molecule has 0 spiro atoms. The van der Waals surface area contributed by atoms with Gasteiger partial charge >= 0.3 is 0 Å². The highest BCUT2D eigenvalue weighted by molar-refractivity contribution is 6.05. The number of amides is 1. The highest BCUT2D eigenvalue weighted by Gasteiger charge is 2.19. The largest absolute Gasteiger partial charge is 0.495 e. The zero-order valence-corrected chi connectivity index (χ0v) is 15.5. The third-order valence-corrected chi connectivity index (χ3v) is 4.93. The fourth-order valence-electron chi connectivity index (χ4n) is 3.29. The van der Waals surface area contributed by atoms with E-state index in [0.717, 1.165) is 31.9 Å². The lowest BCUT2D eigenvalue weighted by Crippen LogP contribution is -2.44. The Hall–Kier alpha value is -2.93. The molecule has 0 bridgehead atoms. The Morgan fingerprint density at radius 3 is 2.59 bits per heavy atom. The fourth-order valence-corrected chi connectivity index (χ4v) is 3.29. The van der Waals surface area contributed by atoms with Gasteiger partial charge in [-0.25, -0.2) is 0 Å². The third kappa shape index (κ3) is 3.64. The molecule has 1 N–H and O–H groups in total. The molecular weight excluding hydrogens is 346 g/mol. The summed E-state index contributed by atoms with van der Waals surface area (Å²) in [6.45, 7) is 4.13. The average Bonchev–Trinajstić information content (AvgIpc) is 3.16. The van der Waals surface area contributed by atoms with Crippen LogP contribution in [0.2, 0.25) is 0 Å². The second-order valence-corrected chi connectivity index (χ2v) is 6.70. The average molecular weight is 369 g/mol. The number of carbonyl (C=O) groups excluding carboxylic acids is 1. The third-order valence-electron chi connectivity index (χ3n) is 4.93. The first-order valence-corrected chi connectivity index (χ1v) is 8.96. The van der Waals surface area contributed by atoms with Crippen molar-refractivity contribution in [2.45, 2.75) is 0 Å². The quantitative estimate of drug-likeness (QED) is 0.893. The zero-order valence-electron chi connectivity index (χ0n) is 15.5. The molecule has 0 atom stereocenters. The van der Waals surface area contributed by atoms with Gasteiger partial charge in [0.25, 0.3) is 5.91 Å². The second kappa shape index (κ2) is 7.36. The molecule has 2 aliphatic heterocycles. The number of hydrogen-bond acceptors (Lipinski definition) is 6. The SMILES string of the molecule is COc1ccc(N2CCN(C)CC2)cc1NC(=O)c1ccc2c(c1)OCO2. The Morgan fingerprint density at radius 1 is 1.04 bits per heavy atom. The number of anilines is 2. The van der Waals surface area contributed by atoms with Crippen LogP contribution in [-0.4, -0.2) is 57.9 Å². The minimum atomic E-state index is -0.220. The smallest absolute Gasteiger partial charge is 0.255 e. The molecule has 0 aromatic heterocycles. The summed E-state index contributed by atoms with van der Waals surface area (Å²) in [7, 11) is 3.73. The lowest BCUT2D eigenvalue weighted by molar-refractivity contribution is 0.102. The van der Waals surface area contributed by atoms with Crippen LogP contribution in [0.3, 0.4) is 0 Å². The number of ether oxygens (including phenoxy) is 3. The molecule has 7 nitrogen and oxygen atoms in total. The van der Waals surface area contributed by atoms with Gasteiger partial charge in [-0.1, -0.05) is 0 Å². The van der Waals surface area contributed by atoms with Crippen LogP contribution in [0.1, 0.15) is 10.4 Å². The maximum absolute atomic E-state index is 12.7. The number of carbonyl (C=O) groups is 1. The normalized spacial score (nSPS) is 16.3. The van der Waals surface area contributed by atoms with Crippen molar-refractivity contribution in [1.29, 1.82) is 0 Å². The summed E-state index contributed by atoms with van der Waals surface area (Å²) in [4.78, 5) is 17.4. The standard InChI is InChI=1S/C20H23N3O4/c1-22-7-9-23(10-8-22)15-4-6-17(25-2)16(12-15)21-20(24)14-3-5-18-19(11-14)27-13-26-18/h3-6,11-12H,7-10,13H2,1-2H3,(H,21,24). The van der Waals surface area contributed by atoms with E-state index in [4.69, 9.17) is 14.2 Å². The van der Waals surface area contributed by atoms with Crippen molar-refractivity contribution in [2.24, 2.45) is 0 Å². The summed E-state index contributed by atoms with van der Waals surface area (Å²) in [6.07, 6.45) is 0. The maximum atomic E-state index is 12.7. The van der Waals surface area contributed by atoms with Crippen LogP contribution < -0.4 is 24.4 Å². The van der Waals surface area contributed by atoms with Gasteiger partial charge in [0, 0.05) is 37.4 Å². The highest BCUT2D eigenvalue weighted by Crippen LogP contribution is 2.34. The summed E-state index contributed by atoms with van der Waals surface area (Å²) < 4.78 is 16.1. The van der Waals surface area contributed by atoms with Crippen LogP contribution in [0, 0.1) is 0 Å². The molecule has 27 heavy (non-hydrogen) atoms. The molecule has 1 saturated heterocycles. The van der Waals surface area contributed by atoms with Crippen LogP contribution in [0.4, 0.5) is 11.4 Å². The first-order valence-electron chi connectivity index (χ1n) is 8.96. The van der Waals surface area contributed by atoms with Crippen LogP contribution in [0.25, 0.3) is 0 Å². The summed E-state index contributed by atoms with van der Waals surface area (Å²) in [5.41, 5.74) is 2.23. The molecule has 2 aliphatic rings. The summed E-state index contributed by atoms with van der Waals surface area (Å²) >= 11 is 0. The van der Waals surface area contributed by atoms with Crippen molar-refractivity contribution in [2.75, 3.05) is 57.3 Å². The van der Waals surface area contributed by atoms with E-state index in [0.29, 0.717) is 28.5 Å². The van der Waals surface area contributed by atoms with Crippen LogP contribution in [0.5, 0.6) is 17.2 Å². The fraction of sp³-hybridized carbons (Fsp3) is 0.350. The predicted molar refractivity (Wildman–Crippen MR) is 103 cm³/mol.